The van der Waals surface area contributed by atoms with Crippen molar-refractivity contribution in [2.24, 2.45) is 5.10 Å². The van der Waals surface area contributed by atoms with E-state index in [0.717, 1.165) is 11.1 Å². The van der Waals surface area contributed by atoms with Crippen molar-refractivity contribution in [2.75, 3.05) is 27.3 Å². The molecule has 0 aliphatic carbocycles. The summed E-state index contributed by atoms with van der Waals surface area (Å²) in [6.07, 6.45) is 1.89. The average Bonchev–Trinajstić information content (AvgIpc) is 2.86. The summed E-state index contributed by atoms with van der Waals surface area (Å²) in [6, 6.07) is 18.4. The number of aryl methyl sites for hydroxylation is 3. The summed E-state index contributed by atoms with van der Waals surface area (Å²) in [6.45, 7) is 5.23. The summed E-state index contributed by atoms with van der Waals surface area (Å²) in [5.74, 6) is 0.601. The number of carbonyl (C=O) groups is 1. The van der Waals surface area contributed by atoms with Gasteiger partial charge >= 0.3 is 0 Å². The Bertz CT molecular complexity index is 1350. The summed E-state index contributed by atoms with van der Waals surface area (Å²) in [5.41, 5.74) is 6.28. The fraction of sp³-hybridized carbons (Fsp3) is 0.286. The first kappa shape index (κ1) is 27.9. The zero-order valence-electron chi connectivity index (χ0n) is 21.8. The van der Waals surface area contributed by atoms with Gasteiger partial charge in [-0.05, 0) is 62.1 Å². The fourth-order valence-corrected chi connectivity index (χ4v) is 6.00. The number of nitrogens with one attached hydrogen (secondary N) is 1. The number of hydrogen-bond donors (Lipinski definition) is 1. The van der Waals surface area contributed by atoms with Gasteiger partial charge in [-0.1, -0.05) is 48.0 Å². The lowest BCUT2D eigenvalue weighted by Crippen LogP contribution is -2.41. The van der Waals surface area contributed by atoms with Gasteiger partial charge in [-0.3, -0.25) is 4.79 Å². The summed E-state index contributed by atoms with van der Waals surface area (Å²) in [5, 5.41) is 4.02. The van der Waals surface area contributed by atoms with Crippen LogP contribution in [0.4, 0.5) is 0 Å². The first-order valence-electron chi connectivity index (χ1n) is 11.8. The molecule has 0 saturated carbocycles. The van der Waals surface area contributed by atoms with E-state index in [4.69, 9.17) is 9.47 Å². The minimum Gasteiger partial charge on any atom is -0.497 e. The molecule has 196 valence electrons. The SMILES string of the molecule is COc1ccc(OC)c(/C=N/NC(=O)CN(CCc2ccccc2)S(=O)(=O)c2c(C)cc(C)cc2C)c1. The van der Waals surface area contributed by atoms with Crippen molar-refractivity contribution in [3.05, 3.63) is 88.5 Å². The molecule has 3 aromatic carbocycles. The number of hydrogen-bond acceptors (Lipinski definition) is 6. The Morgan fingerprint density at radius 2 is 1.65 bits per heavy atom. The molecule has 1 amide bonds. The summed E-state index contributed by atoms with van der Waals surface area (Å²) >= 11 is 0. The van der Waals surface area contributed by atoms with Gasteiger partial charge in [0.15, 0.2) is 0 Å². The molecule has 0 aliphatic heterocycles. The monoisotopic (exact) mass is 523 g/mol. The molecule has 0 fully saturated rings. The van der Waals surface area contributed by atoms with Gasteiger partial charge in [0.1, 0.15) is 11.5 Å². The van der Waals surface area contributed by atoms with E-state index >= 15 is 0 Å². The number of amides is 1. The Morgan fingerprint density at radius 1 is 0.973 bits per heavy atom. The Labute approximate surface area is 219 Å². The number of nitrogens with zero attached hydrogens (tertiary/aromatic N) is 2. The van der Waals surface area contributed by atoms with Gasteiger partial charge in [0.05, 0.1) is 31.9 Å². The van der Waals surface area contributed by atoms with Crippen LogP contribution in [0.2, 0.25) is 0 Å². The van der Waals surface area contributed by atoms with Gasteiger partial charge in [-0.15, -0.1) is 0 Å². The second kappa shape index (κ2) is 12.5. The molecule has 0 radical (unpaired) electrons. The van der Waals surface area contributed by atoms with Crippen molar-refractivity contribution in [3.8, 4) is 11.5 Å². The largest absolute Gasteiger partial charge is 0.497 e. The van der Waals surface area contributed by atoms with E-state index in [0.29, 0.717) is 34.6 Å². The van der Waals surface area contributed by atoms with E-state index < -0.39 is 15.9 Å². The molecule has 8 nitrogen and oxygen atoms in total. The molecule has 37 heavy (non-hydrogen) atoms. The second-order valence-electron chi connectivity index (χ2n) is 8.70. The molecule has 0 aromatic heterocycles. The van der Waals surface area contributed by atoms with Crippen LogP contribution in [-0.2, 0) is 21.2 Å². The van der Waals surface area contributed by atoms with Crippen LogP contribution in [0, 0.1) is 20.8 Å². The topological polar surface area (TPSA) is 97.3 Å². The highest BCUT2D eigenvalue weighted by Crippen LogP contribution is 2.26. The lowest BCUT2D eigenvalue weighted by atomic mass is 10.1. The van der Waals surface area contributed by atoms with Crippen LogP contribution in [-0.4, -0.2) is 52.2 Å². The predicted octanol–water partition coefficient (Wildman–Crippen LogP) is 4.01. The van der Waals surface area contributed by atoms with E-state index in [2.05, 4.69) is 10.5 Å². The number of hydrazone groups is 1. The van der Waals surface area contributed by atoms with Crippen LogP contribution in [0.3, 0.4) is 0 Å². The third-order valence-corrected chi connectivity index (χ3v) is 8.00. The molecule has 0 spiro atoms. The molecule has 0 aliphatic rings. The maximum absolute atomic E-state index is 13.8. The first-order valence-corrected chi connectivity index (χ1v) is 13.3. The van der Waals surface area contributed by atoms with E-state index in [1.807, 2.05) is 49.4 Å². The Balaban J connectivity index is 1.83. The van der Waals surface area contributed by atoms with Gasteiger partial charge in [-0.2, -0.15) is 9.41 Å². The zero-order valence-corrected chi connectivity index (χ0v) is 22.6. The molecular weight excluding hydrogens is 490 g/mol. The van der Waals surface area contributed by atoms with Crippen molar-refractivity contribution in [2.45, 2.75) is 32.1 Å². The average molecular weight is 524 g/mol. The van der Waals surface area contributed by atoms with Gasteiger partial charge in [0.25, 0.3) is 5.91 Å². The van der Waals surface area contributed by atoms with Gasteiger partial charge in [0, 0.05) is 12.1 Å². The van der Waals surface area contributed by atoms with Crippen molar-refractivity contribution in [1.29, 1.82) is 0 Å². The van der Waals surface area contributed by atoms with E-state index in [1.165, 1.54) is 17.6 Å². The van der Waals surface area contributed by atoms with Gasteiger partial charge < -0.3 is 9.47 Å². The van der Waals surface area contributed by atoms with Crippen molar-refractivity contribution < 1.29 is 22.7 Å². The molecule has 0 bridgehead atoms. The molecule has 0 heterocycles. The molecule has 3 aromatic rings. The lowest BCUT2D eigenvalue weighted by molar-refractivity contribution is -0.121. The summed E-state index contributed by atoms with van der Waals surface area (Å²) in [4.78, 5) is 13.1. The van der Waals surface area contributed by atoms with Crippen molar-refractivity contribution in [1.82, 2.24) is 9.73 Å². The highest BCUT2D eigenvalue weighted by molar-refractivity contribution is 7.89. The molecule has 0 atom stereocenters. The number of benzene rings is 3. The molecule has 3 rings (SSSR count). The first-order chi connectivity index (χ1) is 17.6. The number of carbonyl (C=O) groups excluding carboxylic acids is 1. The van der Waals surface area contributed by atoms with Gasteiger partial charge in [-0.25, -0.2) is 13.8 Å². The molecule has 0 unspecified atom stereocenters. The molecular formula is C28H33N3O5S. The minimum absolute atomic E-state index is 0.139. The molecule has 1 N–H and O–H groups in total. The number of methoxy groups -OCH3 is 2. The fourth-order valence-electron chi connectivity index (χ4n) is 4.20. The van der Waals surface area contributed by atoms with Crippen LogP contribution in [0.1, 0.15) is 27.8 Å². The predicted molar refractivity (Wildman–Crippen MR) is 145 cm³/mol. The Hall–Kier alpha value is -3.69. The van der Waals surface area contributed by atoms with E-state index in [1.54, 1.807) is 39.2 Å². The maximum Gasteiger partial charge on any atom is 0.255 e. The van der Waals surface area contributed by atoms with Crippen molar-refractivity contribution in [3.63, 3.8) is 0 Å². The van der Waals surface area contributed by atoms with Crippen LogP contribution in [0.25, 0.3) is 0 Å². The molecule has 9 heteroatoms. The van der Waals surface area contributed by atoms with E-state index in [-0.39, 0.29) is 18.0 Å². The standard InChI is InChI=1S/C28H33N3O5S/c1-20-15-21(2)28(22(3)16-20)37(33,34)31(14-13-23-9-7-6-8-10-23)19-27(32)30-29-18-24-17-25(35-4)11-12-26(24)36-5/h6-12,15-18H,13-14,19H2,1-5H3,(H,30,32)/b29-18+. The third-order valence-electron chi connectivity index (χ3n) is 5.84. The molecule has 0 saturated heterocycles. The van der Waals surface area contributed by atoms with Crippen LogP contribution in [0.15, 0.2) is 70.7 Å². The normalized spacial score (nSPS) is 11.6. The Kier molecular flexibility index (Phi) is 9.43. The lowest BCUT2D eigenvalue weighted by Gasteiger charge is -2.24. The summed E-state index contributed by atoms with van der Waals surface area (Å²) in [7, 11) is -0.879. The smallest absolute Gasteiger partial charge is 0.255 e. The van der Waals surface area contributed by atoms with Gasteiger partial charge in [0.2, 0.25) is 10.0 Å². The maximum atomic E-state index is 13.8. The number of sulfonamides is 1. The van der Waals surface area contributed by atoms with E-state index in [9.17, 15) is 13.2 Å². The Morgan fingerprint density at radius 3 is 2.27 bits per heavy atom. The highest BCUT2D eigenvalue weighted by Gasteiger charge is 2.29. The third kappa shape index (κ3) is 7.18. The van der Waals surface area contributed by atoms with Crippen LogP contribution >= 0.6 is 0 Å². The number of ether oxygens (including phenoxy) is 2. The highest BCUT2D eigenvalue weighted by atomic mass is 32.2. The minimum atomic E-state index is -3.96. The quantitative estimate of drug-likeness (QED) is 0.303. The van der Waals surface area contributed by atoms with Crippen LogP contribution < -0.4 is 14.9 Å². The summed E-state index contributed by atoms with van der Waals surface area (Å²) < 4.78 is 39.3. The zero-order chi connectivity index (χ0) is 27.0. The van der Waals surface area contributed by atoms with Crippen molar-refractivity contribution >= 4 is 22.1 Å². The van der Waals surface area contributed by atoms with Crippen LogP contribution in [0.5, 0.6) is 11.5 Å². The number of rotatable bonds is 11. The second-order valence-corrected chi connectivity index (χ2v) is 10.6.